The van der Waals surface area contributed by atoms with Crippen molar-refractivity contribution in [2.45, 2.75) is 13.0 Å². The lowest BCUT2D eigenvalue weighted by Gasteiger charge is -2.12. The summed E-state index contributed by atoms with van der Waals surface area (Å²) in [5.41, 5.74) is 0.538. The van der Waals surface area contributed by atoms with Crippen molar-refractivity contribution < 1.29 is 14.3 Å². The van der Waals surface area contributed by atoms with Crippen molar-refractivity contribution in [3.05, 3.63) is 63.3 Å². The number of Topliss-reactive ketones (excluding diaryl/α,β-unsaturated/α-hetero) is 1. The number of ether oxygens (including phenoxy) is 1. The molecule has 108 valence electrons. The predicted molar refractivity (Wildman–Crippen MR) is 82.6 cm³/mol. The van der Waals surface area contributed by atoms with Crippen LogP contribution in [0.4, 0.5) is 0 Å². The van der Waals surface area contributed by atoms with Gasteiger partial charge in [0.15, 0.2) is 6.10 Å². The fourth-order valence-electron chi connectivity index (χ4n) is 1.64. The largest absolute Gasteiger partial charge is 0.450 e. The Kier molecular flexibility index (Phi) is 5.09. The molecule has 0 saturated carbocycles. The highest BCUT2D eigenvalue weighted by atomic mass is 79.9. The van der Waals surface area contributed by atoms with Gasteiger partial charge in [0.2, 0.25) is 5.78 Å². The molecular weight excluding hydrogens is 358 g/mol. The number of carbonyl (C=O) groups excluding carboxylic acids is 2. The van der Waals surface area contributed by atoms with E-state index in [9.17, 15) is 9.59 Å². The standard InChI is InChI=1S/C15H11BrClNO3/c1-9(14(19)10-2-4-11(16)5-3-10)21-15(20)13-8-12(17)6-7-18-13/h2-9H,1H3/t9-/m0/s1. The van der Waals surface area contributed by atoms with Crippen LogP contribution in [0.15, 0.2) is 47.1 Å². The predicted octanol–water partition coefficient (Wildman–Crippen LogP) is 3.93. The Bertz CT molecular complexity index is 673. The fourth-order valence-corrected chi connectivity index (χ4v) is 2.06. The molecule has 1 atom stereocenters. The van der Waals surface area contributed by atoms with Gasteiger partial charge in [-0.25, -0.2) is 9.78 Å². The molecule has 4 nitrogen and oxygen atoms in total. The van der Waals surface area contributed by atoms with E-state index in [0.29, 0.717) is 10.6 Å². The molecule has 0 radical (unpaired) electrons. The van der Waals surface area contributed by atoms with Crippen LogP contribution in [0.3, 0.4) is 0 Å². The van der Waals surface area contributed by atoms with Crippen LogP contribution >= 0.6 is 27.5 Å². The third-order valence-electron chi connectivity index (χ3n) is 2.71. The number of esters is 1. The monoisotopic (exact) mass is 367 g/mol. The second-order valence-corrected chi connectivity index (χ2v) is 5.63. The maximum Gasteiger partial charge on any atom is 0.357 e. The highest BCUT2D eigenvalue weighted by Crippen LogP contribution is 2.14. The van der Waals surface area contributed by atoms with Gasteiger partial charge in [-0.05, 0) is 31.2 Å². The summed E-state index contributed by atoms with van der Waals surface area (Å²) < 4.78 is 5.98. The summed E-state index contributed by atoms with van der Waals surface area (Å²) in [5, 5.41) is 0.379. The Balaban J connectivity index is 2.07. The minimum atomic E-state index is -0.903. The van der Waals surface area contributed by atoms with Crippen molar-refractivity contribution in [1.82, 2.24) is 4.98 Å². The number of rotatable bonds is 4. The molecule has 0 bridgehead atoms. The molecule has 0 N–H and O–H groups in total. The van der Waals surface area contributed by atoms with Crippen LogP contribution in [0.1, 0.15) is 27.8 Å². The van der Waals surface area contributed by atoms with E-state index in [1.807, 2.05) is 0 Å². The summed E-state index contributed by atoms with van der Waals surface area (Å²) in [6.07, 6.45) is 0.500. The van der Waals surface area contributed by atoms with Crippen molar-refractivity contribution in [1.29, 1.82) is 0 Å². The maximum absolute atomic E-state index is 12.2. The molecule has 0 spiro atoms. The Morgan fingerprint density at radius 2 is 1.90 bits per heavy atom. The van der Waals surface area contributed by atoms with Gasteiger partial charge in [0.25, 0.3) is 0 Å². The number of ketones is 1. The molecule has 6 heteroatoms. The lowest BCUT2D eigenvalue weighted by atomic mass is 10.1. The topological polar surface area (TPSA) is 56.3 Å². The Morgan fingerprint density at radius 3 is 2.52 bits per heavy atom. The van der Waals surface area contributed by atoms with E-state index >= 15 is 0 Å². The Morgan fingerprint density at radius 1 is 1.24 bits per heavy atom. The van der Waals surface area contributed by atoms with Crippen LogP contribution < -0.4 is 0 Å². The summed E-state index contributed by atoms with van der Waals surface area (Å²) in [6.45, 7) is 1.52. The lowest BCUT2D eigenvalue weighted by molar-refractivity contribution is 0.0313. The van der Waals surface area contributed by atoms with Gasteiger partial charge in [-0.2, -0.15) is 0 Å². The van der Waals surface area contributed by atoms with Crippen molar-refractivity contribution >= 4 is 39.3 Å². The van der Waals surface area contributed by atoms with Crippen molar-refractivity contribution in [2.24, 2.45) is 0 Å². The number of nitrogens with zero attached hydrogens (tertiary/aromatic N) is 1. The first-order chi connectivity index (χ1) is 9.97. The van der Waals surface area contributed by atoms with Gasteiger partial charge in [-0.15, -0.1) is 0 Å². The van der Waals surface area contributed by atoms with Gasteiger partial charge in [0.1, 0.15) is 5.69 Å². The van der Waals surface area contributed by atoms with Crippen LogP contribution in [0.2, 0.25) is 5.02 Å². The first-order valence-corrected chi connectivity index (χ1v) is 7.27. The molecule has 0 fully saturated rings. The van der Waals surface area contributed by atoms with Gasteiger partial charge in [-0.1, -0.05) is 39.7 Å². The zero-order valence-electron chi connectivity index (χ0n) is 11.0. The van der Waals surface area contributed by atoms with Crippen molar-refractivity contribution in [3.63, 3.8) is 0 Å². The highest BCUT2D eigenvalue weighted by molar-refractivity contribution is 9.10. The van der Waals surface area contributed by atoms with Crippen molar-refractivity contribution in [2.75, 3.05) is 0 Å². The molecule has 0 amide bonds. The Hall–Kier alpha value is -1.72. The molecule has 0 unspecified atom stereocenters. The van der Waals surface area contributed by atoms with Crippen LogP contribution in [0, 0.1) is 0 Å². The molecule has 0 aliphatic heterocycles. The minimum Gasteiger partial charge on any atom is -0.450 e. The SMILES string of the molecule is C[C@H](OC(=O)c1cc(Cl)ccn1)C(=O)c1ccc(Br)cc1. The van der Waals surface area contributed by atoms with Crippen molar-refractivity contribution in [3.8, 4) is 0 Å². The van der Waals surface area contributed by atoms with Gasteiger partial charge < -0.3 is 4.74 Å². The summed E-state index contributed by atoms with van der Waals surface area (Å²) in [4.78, 5) is 27.9. The average Bonchev–Trinajstić information content (AvgIpc) is 2.47. The normalized spacial score (nSPS) is 11.8. The van der Waals surface area contributed by atoms with Crippen LogP contribution in [0.5, 0.6) is 0 Å². The summed E-state index contributed by atoms with van der Waals surface area (Å²) in [6, 6.07) is 9.76. The van der Waals surface area contributed by atoms with E-state index in [2.05, 4.69) is 20.9 Å². The first-order valence-electron chi connectivity index (χ1n) is 6.09. The number of benzene rings is 1. The fraction of sp³-hybridized carbons (Fsp3) is 0.133. The lowest BCUT2D eigenvalue weighted by Crippen LogP contribution is -2.24. The van der Waals surface area contributed by atoms with E-state index in [-0.39, 0.29) is 11.5 Å². The molecule has 1 aromatic carbocycles. The molecule has 2 rings (SSSR count). The second kappa shape index (κ2) is 6.83. The van der Waals surface area contributed by atoms with E-state index < -0.39 is 12.1 Å². The quantitative estimate of drug-likeness (QED) is 0.606. The van der Waals surface area contributed by atoms with E-state index in [1.165, 1.54) is 19.2 Å². The van der Waals surface area contributed by atoms with E-state index in [0.717, 1.165) is 4.47 Å². The molecule has 0 aliphatic rings. The van der Waals surface area contributed by atoms with Crippen LogP contribution in [0.25, 0.3) is 0 Å². The molecule has 2 aromatic rings. The molecule has 1 aromatic heterocycles. The number of pyridine rings is 1. The smallest absolute Gasteiger partial charge is 0.357 e. The third kappa shape index (κ3) is 4.12. The molecular formula is C15H11BrClNO3. The van der Waals surface area contributed by atoms with Crippen LogP contribution in [-0.2, 0) is 4.74 Å². The van der Waals surface area contributed by atoms with Gasteiger partial charge in [-0.3, -0.25) is 4.79 Å². The number of hydrogen-bond acceptors (Lipinski definition) is 4. The van der Waals surface area contributed by atoms with Gasteiger partial charge in [0, 0.05) is 21.3 Å². The van der Waals surface area contributed by atoms with Crippen LogP contribution in [-0.4, -0.2) is 22.8 Å². The second-order valence-electron chi connectivity index (χ2n) is 4.28. The molecule has 21 heavy (non-hydrogen) atoms. The van der Waals surface area contributed by atoms with E-state index in [1.54, 1.807) is 30.3 Å². The zero-order valence-corrected chi connectivity index (χ0v) is 13.4. The first kappa shape index (κ1) is 15.7. The minimum absolute atomic E-state index is 0.0676. The number of aromatic nitrogens is 1. The Labute approximate surface area is 135 Å². The molecule has 0 aliphatic carbocycles. The van der Waals surface area contributed by atoms with Gasteiger partial charge in [0.05, 0.1) is 0 Å². The average molecular weight is 369 g/mol. The number of carbonyl (C=O) groups is 2. The zero-order chi connectivity index (χ0) is 15.4. The molecule has 0 saturated heterocycles. The number of hydrogen-bond donors (Lipinski definition) is 0. The summed E-state index contributed by atoms with van der Waals surface area (Å²) in [7, 11) is 0. The molecule has 1 heterocycles. The van der Waals surface area contributed by atoms with E-state index in [4.69, 9.17) is 16.3 Å². The summed E-state index contributed by atoms with van der Waals surface area (Å²) in [5.74, 6) is -0.965. The highest BCUT2D eigenvalue weighted by Gasteiger charge is 2.21. The summed E-state index contributed by atoms with van der Waals surface area (Å²) >= 11 is 9.07. The third-order valence-corrected chi connectivity index (χ3v) is 3.48. The maximum atomic E-state index is 12.2. The number of halogens is 2. The van der Waals surface area contributed by atoms with Gasteiger partial charge >= 0.3 is 5.97 Å².